The first-order chi connectivity index (χ1) is 8.40. The van der Waals surface area contributed by atoms with Crippen LogP contribution in [0.3, 0.4) is 0 Å². The van der Waals surface area contributed by atoms with Gasteiger partial charge in [-0.05, 0) is 0 Å². The van der Waals surface area contributed by atoms with Crippen LogP contribution >= 0.6 is 0 Å². The highest BCUT2D eigenvalue weighted by molar-refractivity contribution is 5.20. The van der Waals surface area contributed by atoms with Gasteiger partial charge in [-0.1, -0.05) is 0 Å². The van der Waals surface area contributed by atoms with Crippen molar-refractivity contribution in [3.63, 3.8) is 0 Å². The summed E-state index contributed by atoms with van der Waals surface area (Å²) in [4.78, 5) is 8.92. The van der Waals surface area contributed by atoms with Crippen LogP contribution < -0.4 is 5.32 Å². The van der Waals surface area contributed by atoms with E-state index >= 15 is 0 Å². The summed E-state index contributed by atoms with van der Waals surface area (Å²) in [5.74, 6) is 0.878. The maximum absolute atomic E-state index is 5.40. The molecule has 0 atom stereocenters. The van der Waals surface area contributed by atoms with Crippen molar-refractivity contribution in [1.29, 1.82) is 0 Å². The van der Waals surface area contributed by atoms with Crippen molar-refractivity contribution in [2.75, 3.05) is 33.5 Å². The molecule has 0 radical (unpaired) electrons. The predicted octanol–water partition coefficient (Wildman–Crippen LogP) is 0.328. The lowest BCUT2D eigenvalue weighted by Crippen LogP contribution is -2.25. The number of aromatic nitrogens is 2. The van der Waals surface area contributed by atoms with Crippen molar-refractivity contribution >= 4 is 0 Å². The number of hydrogen-bond donors (Lipinski definition) is 1. The quantitative estimate of drug-likeness (QED) is 0.722. The smallest absolute Gasteiger partial charge is 0.130 e. The Bertz CT molecular complexity index is 358. The number of rotatable bonds is 6. The highest BCUT2D eigenvalue weighted by Gasteiger charge is 2.11. The lowest BCUT2D eigenvalue weighted by atomic mass is 10.1. The molecule has 0 amide bonds. The summed E-state index contributed by atoms with van der Waals surface area (Å²) in [5, 5.41) is 3.31. The van der Waals surface area contributed by atoms with E-state index in [-0.39, 0.29) is 0 Å². The van der Waals surface area contributed by atoms with Crippen LogP contribution in [0.25, 0.3) is 0 Å². The normalized spacial score (nSPS) is 14.6. The van der Waals surface area contributed by atoms with Gasteiger partial charge in [0, 0.05) is 50.5 Å². The minimum Gasteiger partial charge on any atom is -0.382 e. The molecule has 0 fully saturated rings. The zero-order valence-electron chi connectivity index (χ0n) is 10.2. The highest BCUT2D eigenvalue weighted by atomic mass is 16.5. The van der Waals surface area contributed by atoms with Crippen molar-refractivity contribution in [2.45, 2.75) is 19.4 Å². The van der Waals surface area contributed by atoms with Gasteiger partial charge in [-0.2, -0.15) is 0 Å². The van der Waals surface area contributed by atoms with Crippen LogP contribution in [0.15, 0.2) is 6.20 Å². The van der Waals surface area contributed by atoms with Gasteiger partial charge in [0.15, 0.2) is 0 Å². The molecular weight excluding hydrogens is 218 g/mol. The molecule has 0 saturated heterocycles. The Labute approximate surface area is 102 Å². The first kappa shape index (κ1) is 12.4. The third kappa shape index (κ3) is 3.73. The maximum atomic E-state index is 5.40. The molecule has 0 saturated carbocycles. The van der Waals surface area contributed by atoms with Gasteiger partial charge in [0.1, 0.15) is 5.82 Å². The minimum atomic E-state index is 0.630. The second-order valence-corrected chi connectivity index (χ2v) is 4.04. The Balaban J connectivity index is 1.81. The second-order valence-electron chi connectivity index (χ2n) is 4.04. The molecule has 0 bridgehead atoms. The van der Waals surface area contributed by atoms with Gasteiger partial charge in [-0.15, -0.1) is 0 Å². The standard InChI is InChI=1S/C12H19N3O2/c1-16-6-7-17-5-3-12-14-9-10-8-13-4-2-11(10)15-12/h9,13H,2-8H2,1H3. The number of nitrogens with zero attached hydrogens (tertiary/aromatic N) is 2. The average Bonchev–Trinajstić information content (AvgIpc) is 2.38. The zero-order chi connectivity index (χ0) is 11.9. The predicted molar refractivity (Wildman–Crippen MR) is 63.8 cm³/mol. The van der Waals surface area contributed by atoms with Crippen molar-refractivity contribution in [2.24, 2.45) is 0 Å². The molecule has 0 aromatic carbocycles. The first-order valence-corrected chi connectivity index (χ1v) is 6.01. The lowest BCUT2D eigenvalue weighted by molar-refractivity contribution is 0.0716. The Hall–Kier alpha value is -1.04. The van der Waals surface area contributed by atoms with Gasteiger partial charge < -0.3 is 14.8 Å². The molecule has 17 heavy (non-hydrogen) atoms. The van der Waals surface area contributed by atoms with E-state index in [0.29, 0.717) is 19.8 Å². The highest BCUT2D eigenvalue weighted by Crippen LogP contribution is 2.10. The van der Waals surface area contributed by atoms with Gasteiger partial charge in [0.05, 0.1) is 19.8 Å². The fourth-order valence-electron chi connectivity index (χ4n) is 1.81. The summed E-state index contributed by atoms with van der Waals surface area (Å²) < 4.78 is 10.3. The van der Waals surface area contributed by atoms with Crippen LogP contribution in [0.2, 0.25) is 0 Å². The molecule has 1 aromatic heterocycles. The van der Waals surface area contributed by atoms with E-state index in [1.165, 1.54) is 11.3 Å². The fraction of sp³-hybridized carbons (Fsp3) is 0.667. The summed E-state index contributed by atoms with van der Waals surface area (Å²) in [6, 6.07) is 0. The third-order valence-corrected chi connectivity index (χ3v) is 2.76. The van der Waals surface area contributed by atoms with Gasteiger partial charge in [0.25, 0.3) is 0 Å². The summed E-state index contributed by atoms with van der Waals surface area (Å²) in [5.41, 5.74) is 2.41. The number of nitrogens with one attached hydrogen (secondary N) is 1. The summed E-state index contributed by atoms with van der Waals surface area (Å²) in [7, 11) is 1.67. The van der Waals surface area contributed by atoms with E-state index in [4.69, 9.17) is 9.47 Å². The van der Waals surface area contributed by atoms with Gasteiger partial charge in [0.2, 0.25) is 0 Å². The van der Waals surface area contributed by atoms with Crippen molar-refractivity contribution in [1.82, 2.24) is 15.3 Å². The number of fused-ring (bicyclic) bond motifs is 1. The molecule has 0 aliphatic carbocycles. The Morgan fingerprint density at radius 1 is 1.35 bits per heavy atom. The number of methoxy groups -OCH3 is 1. The maximum Gasteiger partial charge on any atom is 0.130 e. The zero-order valence-corrected chi connectivity index (χ0v) is 10.2. The summed E-state index contributed by atoms with van der Waals surface area (Å²) >= 11 is 0. The van der Waals surface area contributed by atoms with Gasteiger partial charge in [-0.25, -0.2) is 9.97 Å². The molecule has 0 unspecified atom stereocenters. The van der Waals surface area contributed by atoms with Gasteiger partial charge >= 0.3 is 0 Å². The summed E-state index contributed by atoms with van der Waals surface area (Å²) in [6.07, 6.45) is 3.69. The average molecular weight is 237 g/mol. The fourth-order valence-corrected chi connectivity index (χ4v) is 1.81. The van der Waals surface area contributed by atoms with E-state index in [1.54, 1.807) is 7.11 Å². The van der Waals surface area contributed by atoms with Crippen LogP contribution in [-0.4, -0.2) is 43.4 Å². The molecule has 2 heterocycles. The van der Waals surface area contributed by atoms with Crippen LogP contribution in [0, 0.1) is 0 Å². The van der Waals surface area contributed by atoms with Crippen molar-refractivity contribution in [3.8, 4) is 0 Å². The molecular formula is C12H19N3O2. The van der Waals surface area contributed by atoms with E-state index in [0.717, 1.165) is 31.8 Å². The lowest BCUT2D eigenvalue weighted by Gasteiger charge is -2.16. The van der Waals surface area contributed by atoms with E-state index in [9.17, 15) is 0 Å². The largest absolute Gasteiger partial charge is 0.382 e. The minimum absolute atomic E-state index is 0.630. The second kappa shape index (κ2) is 6.64. The molecule has 1 aliphatic heterocycles. The molecule has 1 aliphatic rings. The van der Waals surface area contributed by atoms with Gasteiger partial charge in [-0.3, -0.25) is 0 Å². The monoisotopic (exact) mass is 237 g/mol. The van der Waals surface area contributed by atoms with Crippen LogP contribution in [-0.2, 0) is 28.9 Å². The molecule has 5 nitrogen and oxygen atoms in total. The van der Waals surface area contributed by atoms with Crippen LogP contribution in [0.1, 0.15) is 17.1 Å². The molecule has 2 rings (SSSR count). The summed E-state index contributed by atoms with van der Waals surface area (Å²) in [6.45, 7) is 3.82. The molecule has 1 N–H and O–H groups in total. The molecule has 1 aromatic rings. The number of hydrogen-bond acceptors (Lipinski definition) is 5. The van der Waals surface area contributed by atoms with E-state index < -0.39 is 0 Å². The molecule has 0 spiro atoms. The Morgan fingerprint density at radius 2 is 2.29 bits per heavy atom. The van der Waals surface area contributed by atoms with E-state index in [1.807, 2.05) is 6.20 Å². The topological polar surface area (TPSA) is 56.3 Å². The van der Waals surface area contributed by atoms with Crippen molar-refractivity contribution in [3.05, 3.63) is 23.3 Å². The van der Waals surface area contributed by atoms with E-state index in [2.05, 4.69) is 15.3 Å². The Morgan fingerprint density at radius 3 is 3.18 bits per heavy atom. The Kier molecular flexibility index (Phi) is 4.85. The molecule has 5 heteroatoms. The first-order valence-electron chi connectivity index (χ1n) is 6.01. The third-order valence-electron chi connectivity index (χ3n) is 2.76. The number of ether oxygens (including phenoxy) is 2. The molecule has 94 valence electrons. The van der Waals surface area contributed by atoms with Crippen LogP contribution in [0.5, 0.6) is 0 Å². The SMILES string of the molecule is COCCOCCc1ncc2c(n1)CCNC2. The van der Waals surface area contributed by atoms with Crippen molar-refractivity contribution < 1.29 is 9.47 Å². The van der Waals surface area contributed by atoms with Crippen LogP contribution in [0.4, 0.5) is 0 Å².